The summed E-state index contributed by atoms with van der Waals surface area (Å²) >= 11 is 0. The highest BCUT2D eigenvalue weighted by Gasteiger charge is 2.21. The van der Waals surface area contributed by atoms with Gasteiger partial charge in [0.25, 0.3) is 0 Å². The second-order valence-corrected chi connectivity index (χ2v) is 8.33. The number of rotatable bonds is 7. The Morgan fingerprint density at radius 1 is 0.935 bits per heavy atom. The normalized spacial score (nSPS) is 14.1. The minimum absolute atomic E-state index is 0.162. The molecule has 31 heavy (non-hydrogen) atoms. The van der Waals surface area contributed by atoms with Crippen molar-refractivity contribution in [2.45, 2.75) is 65.3 Å². The first-order chi connectivity index (χ1) is 15.1. The molecule has 2 aromatic carbocycles. The summed E-state index contributed by atoms with van der Waals surface area (Å²) in [7, 11) is 1.76. The molecule has 0 fully saturated rings. The Bertz CT molecular complexity index is 1050. The van der Waals surface area contributed by atoms with Crippen molar-refractivity contribution in [3.63, 3.8) is 0 Å². The standard InChI is InChI=1S/C27H33N3O/c1-5-23-26(22-16-20-14-10-11-15-21(20)17-25(22)31-4)29-24(6-2)27(30-23)28-18(3)19-12-8-7-9-13-19/h7-9,12-13,16-18H,5-6,10-11,14-15H2,1-4H3,(H,28,30)/t18-/m0/s1. The third kappa shape index (κ3) is 4.43. The zero-order valence-corrected chi connectivity index (χ0v) is 19.2. The van der Waals surface area contributed by atoms with Crippen LogP contribution in [0.2, 0.25) is 0 Å². The molecule has 162 valence electrons. The second-order valence-electron chi connectivity index (χ2n) is 8.33. The van der Waals surface area contributed by atoms with Crippen LogP contribution in [-0.2, 0) is 25.7 Å². The van der Waals surface area contributed by atoms with E-state index in [1.165, 1.54) is 29.5 Å². The minimum Gasteiger partial charge on any atom is -0.496 e. The molecule has 0 saturated carbocycles. The monoisotopic (exact) mass is 415 g/mol. The molecular formula is C27H33N3O. The second kappa shape index (κ2) is 9.51. The van der Waals surface area contributed by atoms with E-state index in [4.69, 9.17) is 14.7 Å². The summed E-state index contributed by atoms with van der Waals surface area (Å²) in [4.78, 5) is 10.2. The van der Waals surface area contributed by atoms with Gasteiger partial charge in [0.1, 0.15) is 11.6 Å². The predicted molar refractivity (Wildman–Crippen MR) is 128 cm³/mol. The van der Waals surface area contributed by atoms with Crippen LogP contribution in [0.5, 0.6) is 5.75 Å². The highest BCUT2D eigenvalue weighted by Crippen LogP contribution is 2.37. The molecule has 0 saturated heterocycles. The van der Waals surface area contributed by atoms with E-state index in [-0.39, 0.29) is 6.04 Å². The topological polar surface area (TPSA) is 47.0 Å². The van der Waals surface area contributed by atoms with Crippen LogP contribution in [0.15, 0.2) is 42.5 Å². The van der Waals surface area contributed by atoms with Gasteiger partial charge in [-0.2, -0.15) is 0 Å². The maximum atomic E-state index is 5.81. The Morgan fingerprint density at radius 3 is 2.26 bits per heavy atom. The molecule has 1 atom stereocenters. The van der Waals surface area contributed by atoms with Crippen molar-refractivity contribution < 1.29 is 4.74 Å². The summed E-state index contributed by atoms with van der Waals surface area (Å²) in [5.41, 5.74) is 8.13. The lowest BCUT2D eigenvalue weighted by atomic mass is 9.89. The Kier molecular flexibility index (Phi) is 6.55. The van der Waals surface area contributed by atoms with E-state index in [1.807, 2.05) is 6.07 Å². The SMILES string of the molecule is CCc1nc(-c2cc3c(cc2OC)CCCC3)c(CC)nc1N[C@@H](C)c1ccccc1. The average molecular weight is 416 g/mol. The molecular weight excluding hydrogens is 382 g/mol. The summed E-state index contributed by atoms with van der Waals surface area (Å²) in [5, 5.41) is 3.60. The quantitative estimate of drug-likeness (QED) is 0.490. The average Bonchev–Trinajstić information content (AvgIpc) is 2.83. The molecule has 1 aliphatic carbocycles. The number of aryl methyl sites for hydroxylation is 4. The molecule has 1 heterocycles. The van der Waals surface area contributed by atoms with Gasteiger partial charge >= 0.3 is 0 Å². The molecule has 0 bridgehead atoms. The summed E-state index contributed by atoms with van der Waals surface area (Å²) in [6.45, 7) is 6.46. The number of hydrogen-bond donors (Lipinski definition) is 1. The van der Waals surface area contributed by atoms with Crippen LogP contribution < -0.4 is 10.1 Å². The molecule has 1 N–H and O–H groups in total. The summed E-state index contributed by atoms with van der Waals surface area (Å²) in [6.07, 6.45) is 6.43. The number of methoxy groups -OCH3 is 1. The van der Waals surface area contributed by atoms with Gasteiger partial charge in [-0.15, -0.1) is 0 Å². The fourth-order valence-corrected chi connectivity index (χ4v) is 4.48. The lowest BCUT2D eigenvalue weighted by Crippen LogP contribution is -2.13. The van der Waals surface area contributed by atoms with Crippen molar-refractivity contribution in [2.24, 2.45) is 0 Å². The van der Waals surface area contributed by atoms with Gasteiger partial charge < -0.3 is 10.1 Å². The van der Waals surface area contributed by atoms with Crippen LogP contribution in [0.3, 0.4) is 0 Å². The number of aromatic nitrogens is 2. The van der Waals surface area contributed by atoms with Crippen LogP contribution in [0, 0.1) is 0 Å². The molecule has 0 aliphatic heterocycles. The molecule has 4 heteroatoms. The van der Waals surface area contributed by atoms with E-state index < -0.39 is 0 Å². The number of nitrogens with zero attached hydrogens (tertiary/aromatic N) is 2. The Morgan fingerprint density at radius 2 is 1.61 bits per heavy atom. The maximum Gasteiger partial charge on any atom is 0.148 e. The van der Waals surface area contributed by atoms with Crippen LogP contribution >= 0.6 is 0 Å². The van der Waals surface area contributed by atoms with E-state index >= 15 is 0 Å². The number of ether oxygens (including phenoxy) is 1. The summed E-state index contributed by atoms with van der Waals surface area (Å²) in [6, 6.07) is 15.2. The van der Waals surface area contributed by atoms with Gasteiger partial charge in [-0.1, -0.05) is 44.2 Å². The van der Waals surface area contributed by atoms with Crippen molar-refractivity contribution in [3.05, 3.63) is 70.5 Å². The molecule has 3 aromatic rings. The maximum absolute atomic E-state index is 5.81. The van der Waals surface area contributed by atoms with E-state index in [0.29, 0.717) is 0 Å². The van der Waals surface area contributed by atoms with Gasteiger partial charge in [-0.05, 0) is 74.3 Å². The zero-order chi connectivity index (χ0) is 21.8. The fourth-order valence-electron chi connectivity index (χ4n) is 4.48. The van der Waals surface area contributed by atoms with E-state index in [0.717, 1.165) is 59.9 Å². The largest absolute Gasteiger partial charge is 0.496 e. The van der Waals surface area contributed by atoms with E-state index in [2.05, 4.69) is 62.5 Å². The van der Waals surface area contributed by atoms with Gasteiger partial charge in [0.15, 0.2) is 0 Å². The highest BCUT2D eigenvalue weighted by molar-refractivity contribution is 5.72. The van der Waals surface area contributed by atoms with Crippen LogP contribution in [-0.4, -0.2) is 17.1 Å². The molecule has 0 amide bonds. The molecule has 0 spiro atoms. The summed E-state index contributed by atoms with van der Waals surface area (Å²) < 4.78 is 5.81. The molecule has 1 aliphatic rings. The smallest absolute Gasteiger partial charge is 0.148 e. The zero-order valence-electron chi connectivity index (χ0n) is 19.2. The van der Waals surface area contributed by atoms with E-state index in [1.54, 1.807) is 7.11 Å². The van der Waals surface area contributed by atoms with Gasteiger partial charge in [-0.3, -0.25) is 0 Å². The third-order valence-corrected chi connectivity index (χ3v) is 6.28. The van der Waals surface area contributed by atoms with Crippen molar-refractivity contribution >= 4 is 5.82 Å². The number of hydrogen-bond acceptors (Lipinski definition) is 4. The van der Waals surface area contributed by atoms with Gasteiger partial charge in [0, 0.05) is 5.56 Å². The van der Waals surface area contributed by atoms with Crippen molar-refractivity contribution in [1.82, 2.24) is 9.97 Å². The number of fused-ring (bicyclic) bond motifs is 1. The van der Waals surface area contributed by atoms with Gasteiger partial charge in [-0.25, -0.2) is 9.97 Å². The molecule has 0 radical (unpaired) electrons. The van der Waals surface area contributed by atoms with Gasteiger partial charge in [0.05, 0.1) is 30.2 Å². The first-order valence-corrected chi connectivity index (χ1v) is 11.6. The predicted octanol–water partition coefficient (Wildman–Crippen LogP) is 6.33. The first kappa shape index (κ1) is 21.4. The Balaban J connectivity index is 1.76. The van der Waals surface area contributed by atoms with Crippen molar-refractivity contribution in [3.8, 4) is 17.0 Å². The van der Waals surface area contributed by atoms with Crippen molar-refractivity contribution in [1.29, 1.82) is 0 Å². The van der Waals surface area contributed by atoms with Crippen LogP contribution in [0.4, 0.5) is 5.82 Å². The minimum atomic E-state index is 0.162. The Hall–Kier alpha value is -2.88. The van der Waals surface area contributed by atoms with Crippen LogP contribution in [0.1, 0.15) is 67.7 Å². The number of anilines is 1. The fraction of sp³-hybridized carbons (Fsp3) is 0.407. The van der Waals surface area contributed by atoms with Gasteiger partial charge in [0.2, 0.25) is 0 Å². The lowest BCUT2D eigenvalue weighted by molar-refractivity contribution is 0.415. The Labute approximate surface area is 186 Å². The van der Waals surface area contributed by atoms with Crippen molar-refractivity contribution in [2.75, 3.05) is 12.4 Å². The molecule has 0 unspecified atom stereocenters. The molecule has 4 rings (SSSR count). The molecule has 4 nitrogen and oxygen atoms in total. The lowest BCUT2D eigenvalue weighted by Gasteiger charge is -2.22. The highest BCUT2D eigenvalue weighted by atomic mass is 16.5. The number of benzene rings is 2. The molecule has 1 aromatic heterocycles. The summed E-state index contributed by atoms with van der Waals surface area (Å²) in [5.74, 6) is 1.79. The third-order valence-electron chi connectivity index (χ3n) is 6.28. The van der Waals surface area contributed by atoms with Crippen LogP contribution in [0.25, 0.3) is 11.3 Å². The number of nitrogens with one attached hydrogen (secondary N) is 1. The van der Waals surface area contributed by atoms with E-state index in [9.17, 15) is 0 Å². The first-order valence-electron chi connectivity index (χ1n) is 11.6.